The van der Waals surface area contributed by atoms with Crippen molar-refractivity contribution < 1.29 is 35.9 Å². The number of aldehydes is 1. The molecular formula is C18H17F3N2O5S. The summed E-state index contributed by atoms with van der Waals surface area (Å²) in [6.45, 7) is 2.46. The molecule has 29 heavy (non-hydrogen) atoms. The molecule has 0 saturated heterocycles. The smallest absolute Gasteiger partial charge is 0.375 e. The second-order valence-electron chi connectivity index (χ2n) is 5.83. The number of nitrogens with zero attached hydrogens (tertiary/aromatic N) is 1. The molecule has 1 atom stereocenters. The molecule has 1 aromatic carbocycles. The maximum absolute atomic E-state index is 12.9. The van der Waals surface area contributed by atoms with Crippen LogP contribution in [0.4, 0.5) is 13.2 Å². The van der Waals surface area contributed by atoms with E-state index in [1.165, 1.54) is 12.1 Å². The summed E-state index contributed by atoms with van der Waals surface area (Å²) in [6, 6.07) is 6.10. The van der Waals surface area contributed by atoms with Crippen LogP contribution >= 0.6 is 0 Å². The molecule has 0 radical (unpaired) electrons. The van der Waals surface area contributed by atoms with Gasteiger partial charge in [-0.1, -0.05) is 18.2 Å². The summed E-state index contributed by atoms with van der Waals surface area (Å²) < 4.78 is 70.3. The zero-order valence-electron chi connectivity index (χ0n) is 15.1. The predicted octanol–water partition coefficient (Wildman–Crippen LogP) is 2.64. The minimum absolute atomic E-state index is 0.0471. The molecule has 7 nitrogen and oxygen atoms in total. The van der Waals surface area contributed by atoms with Crippen LogP contribution in [0.25, 0.3) is 0 Å². The molecule has 0 spiro atoms. The Kier molecular flexibility index (Phi) is 7.09. The maximum Gasteiger partial charge on any atom is 0.416 e. The number of carbonyl (C=O) groups excluding carboxylic acids is 2. The van der Waals surface area contributed by atoms with E-state index < -0.39 is 38.5 Å². The number of benzene rings is 1. The highest BCUT2D eigenvalue weighted by atomic mass is 32.2. The van der Waals surface area contributed by atoms with Gasteiger partial charge < -0.3 is 9.53 Å². The van der Waals surface area contributed by atoms with E-state index in [2.05, 4.69) is 4.98 Å². The van der Waals surface area contributed by atoms with Crippen molar-refractivity contribution in [2.75, 3.05) is 6.61 Å². The number of hydrogen-bond acceptors (Lipinski definition) is 6. The Labute approximate surface area is 165 Å². The first-order chi connectivity index (χ1) is 13.6. The molecule has 0 aliphatic carbocycles. The fourth-order valence-electron chi connectivity index (χ4n) is 2.33. The summed E-state index contributed by atoms with van der Waals surface area (Å²) in [6.07, 6.45) is -3.64. The fourth-order valence-corrected chi connectivity index (χ4v) is 3.48. The van der Waals surface area contributed by atoms with E-state index in [9.17, 15) is 31.2 Å². The van der Waals surface area contributed by atoms with E-state index in [-0.39, 0.29) is 18.5 Å². The Morgan fingerprint density at radius 3 is 2.55 bits per heavy atom. The topological polar surface area (TPSA) is 102 Å². The van der Waals surface area contributed by atoms with Gasteiger partial charge in [0.25, 0.3) is 5.91 Å². The van der Waals surface area contributed by atoms with E-state index in [0.29, 0.717) is 18.4 Å². The number of halogens is 3. The van der Waals surface area contributed by atoms with E-state index in [4.69, 9.17) is 4.74 Å². The Morgan fingerprint density at radius 2 is 2.00 bits per heavy atom. The number of carbonyl (C=O) groups is 2. The number of sulfonamides is 1. The van der Waals surface area contributed by atoms with E-state index in [1.807, 2.05) is 0 Å². The molecule has 0 saturated carbocycles. The normalized spacial score (nSPS) is 13.0. The lowest BCUT2D eigenvalue weighted by Crippen LogP contribution is -2.35. The van der Waals surface area contributed by atoms with Crippen LogP contribution in [0.1, 0.15) is 39.4 Å². The molecule has 156 valence electrons. The summed E-state index contributed by atoms with van der Waals surface area (Å²) in [5.41, 5.74) is -1.12. The van der Waals surface area contributed by atoms with Crippen molar-refractivity contribution in [1.29, 1.82) is 0 Å². The van der Waals surface area contributed by atoms with E-state index in [1.54, 1.807) is 11.6 Å². The molecule has 0 aliphatic rings. The van der Waals surface area contributed by atoms with Gasteiger partial charge in [-0.05, 0) is 30.7 Å². The third-order valence-electron chi connectivity index (χ3n) is 3.78. The Bertz CT molecular complexity index is 976. The predicted molar refractivity (Wildman–Crippen MR) is 96.2 cm³/mol. The number of pyridine rings is 1. The van der Waals surface area contributed by atoms with Crippen molar-refractivity contribution in [3.63, 3.8) is 0 Å². The number of alkyl halides is 3. The lowest BCUT2D eigenvalue weighted by Gasteiger charge is -2.15. The van der Waals surface area contributed by atoms with Gasteiger partial charge in [-0.3, -0.25) is 9.78 Å². The maximum atomic E-state index is 12.9. The highest BCUT2D eigenvalue weighted by molar-refractivity contribution is 7.91. The van der Waals surface area contributed by atoms with Crippen molar-refractivity contribution in [2.45, 2.75) is 25.0 Å². The second-order valence-corrected chi connectivity index (χ2v) is 7.63. The van der Waals surface area contributed by atoms with Gasteiger partial charge in [0.1, 0.15) is 6.29 Å². The Balaban J connectivity index is 2.22. The highest BCUT2D eigenvalue weighted by Gasteiger charge is 2.34. The average molecular weight is 430 g/mol. The molecule has 1 unspecified atom stereocenters. The van der Waals surface area contributed by atoms with Gasteiger partial charge in [-0.15, -0.1) is 0 Å². The molecule has 1 aromatic heterocycles. The standard InChI is InChI=1S/C18H17F3N2O5S/c1-2-28-11-15-7-6-13(9-22-15)17(25)23-29(26,27)16(10-24)12-4-3-5-14(8-12)18(19,20)21/h3-10,16H,2,11H2,1H3,(H,23,25). The Morgan fingerprint density at radius 1 is 1.28 bits per heavy atom. The number of rotatable bonds is 8. The van der Waals surface area contributed by atoms with Crippen LogP contribution in [0, 0.1) is 0 Å². The lowest BCUT2D eigenvalue weighted by molar-refractivity contribution is -0.137. The minimum Gasteiger partial charge on any atom is -0.375 e. The molecule has 1 heterocycles. The molecular weight excluding hydrogens is 413 g/mol. The van der Waals surface area contributed by atoms with E-state index >= 15 is 0 Å². The molecule has 2 rings (SSSR count). The van der Waals surface area contributed by atoms with Crippen LogP contribution in [-0.2, 0) is 32.3 Å². The van der Waals surface area contributed by atoms with Crippen LogP contribution in [0.5, 0.6) is 0 Å². The van der Waals surface area contributed by atoms with Crippen LogP contribution in [0.2, 0.25) is 0 Å². The van der Waals surface area contributed by atoms with Gasteiger partial charge in [0, 0.05) is 12.8 Å². The summed E-state index contributed by atoms with van der Waals surface area (Å²) >= 11 is 0. The fraction of sp³-hybridized carbons (Fsp3) is 0.278. The first kappa shape index (κ1) is 22.5. The van der Waals surface area contributed by atoms with Gasteiger partial charge in [0.05, 0.1) is 23.4 Å². The van der Waals surface area contributed by atoms with Crippen molar-refractivity contribution >= 4 is 22.2 Å². The molecule has 2 aromatic rings. The lowest BCUT2D eigenvalue weighted by atomic mass is 10.1. The SMILES string of the molecule is CCOCc1ccc(C(=O)NS(=O)(=O)C(C=O)c2cccc(C(F)(F)F)c2)cn1. The van der Waals surface area contributed by atoms with Crippen LogP contribution in [0.3, 0.4) is 0 Å². The van der Waals surface area contributed by atoms with Crippen LogP contribution in [-0.4, -0.2) is 32.2 Å². The van der Waals surface area contributed by atoms with Crippen molar-refractivity contribution in [3.8, 4) is 0 Å². The quantitative estimate of drug-likeness (QED) is 0.646. The molecule has 0 bridgehead atoms. The Hall–Kier alpha value is -2.79. The monoisotopic (exact) mass is 430 g/mol. The van der Waals surface area contributed by atoms with Crippen LogP contribution < -0.4 is 4.72 Å². The largest absolute Gasteiger partial charge is 0.416 e. The van der Waals surface area contributed by atoms with Gasteiger partial charge in [-0.2, -0.15) is 13.2 Å². The zero-order chi connectivity index (χ0) is 21.7. The first-order valence-corrected chi connectivity index (χ1v) is 9.84. The summed E-state index contributed by atoms with van der Waals surface area (Å²) in [7, 11) is -4.65. The summed E-state index contributed by atoms with van der Waals surface area (Å²) in [5, 5.41) is -2.00. The number of ether oxygens (including phenoxy) is 1. The number of hydrogen-bond donors (Lipinski definition) is 1. The second kappa shape index (κ2) is 9.14. The number of aromatic nitrogens is 1. The third kappa shape index (κ3) is 5.84. The van der Waals surface area contributed by atoms with Crippen molar-refractivity contribution in [1.82, 2.24) is 9.71 Å². The molecule has 1 N–H and O–H groups in total. The molecule has 0 fully saturated rings. The highest BCUT2D eigenvalue weighted by Crippen LogP contribution is 2.31. The van der Waals surface area contributed by atoms with Gasteiger partial charge in [-0.25, -0.2) is 13.1 Å². The zero-order valence-corrected chi connectivity index (χ0v) is 16.0. The summed E-state index contributed by atoms with van der Waals surface area (Å²) in [4.78, 5) is 27.5. The van der Waals surface area contributed by atoms with E-state index in [0.717, 1.165) is 24.4 Å². The first-order valence-electron chi connectivity index (χ1n) is 8.29. The summed E-state index contributed by atoms with van der Waals surface area (Å²) in [5.74, 6) is -1.07. The van der Waals surface area contributed by atoms with Gasteiger partial charge >= 0.3 is 6.18 Å². The van der Waals surface area contributed by atoms with Crippen LogP contribution in [0.15, 0.2) is 42.6 Å². The average Bonchev–Trinajstić information content (AvgIpc) is 2.66. The molecule has 1 amide bonds. The van der Waals surface area contributed by atoms with Gasteiger partial charge in [0.15, 0.2) is 5.25 Å². The van der Waals surface area contributed by atoms with Crippen molar-refractivity contribution in [2.24, 2.45) is 0 Å². The number of nitrogens with one attached hydrogen (secondary N) is 1. The molecule has 11 heteroatoms. The number of amides is 1. The molecule has 0 aliphatic heterocycles. The third-order valence-corrected chi connectivity index (χ3v) is 5.30. The van der Waals surface area contributed by atoms with Crippen molar-refractivity contribution in [3.05, 3.63) is 65.0 Å². The van der Waals surface area contributed by atoms with Gasteiger partial charge in [0.2, 0.25) is 10.0 Å². The minimum atomic E-state index is -4.72.